The van der Waals surface area contributed by atoms with Crippen molar-refractivity contribution < 1.29 is 18.3 Å². The maximum absolute atomic E-state index is 12.4. The van der Waals surface area contributed by atoms with Crippen molar-refractivity contribution >= 4 is 17.2 Å². The van der Waals surface area contributed by atoms with E-state index in [1.165, 1.54) is 17.7 Å². The molecule has 3 aromatic rings. The van der Waals surface area contributed by atoms with E-state index in [1.807, 2.05) is 13.1 Å². The van der Waals surface area contributed by atoms with Gasteiger partial charge in [-0.15, -0.1) is 0 Å². The molecule has 0 aliphatic carbocycles. The number of carbonyl (C=O) groups excluding carboxylic acids is 1. The summed E-state index contributed by atoms with van der Waals surface area (Å²) >= 11 is 0. The smallest absolute Gasteiger partial charge is 0.263 e. The van der Waals surface area contributed by atoms with Gasteiger partial charge in [-0.25, -0.2) is 8.78 Å². The Balaban J connectivity index is 0.000000159. The molecular formula is C21H22F2N2O2. The van der Waals surface area contributed by atoms with Crippen molar-refractivity contribution in [2.45, 2.75) is 18.4 Å². The van der Waals surface area contributed by atoms with E-state index in [2.05, 4.69) is 34.6 Å². The number of hydrogen-bond donors (Lipinski definition) is 2. The lowest BCUT2D eigenvalue weighted by atomic mass is 9.88. The highest BCUT2D eigenvalue weighted by molar-refractivity contribution is 5.81. The van der Waals surface area contributed by atoms with Crippen molar-refractivity contribution in [3.63, 3.8) is 0 Å². The fourth-order valence-electron chi connectivity index (χ4n) is 3.06. The Morgan fingerprint density at radius 3 is 2.48 bits per heavy atom. The Labute approximate surface area is 156 Å². The van der Waals surface area contributed by atoms with Gasteiger partial charge >= 0.3 is 0 Å². The molecule has 4 rings (SSSR count). The molecule has 2 aromatic carbocycles. The maximum atomic E-state index is 12.4. The first-order valence-electron chi connectivity index (χ1n) is 8.73. The lowest BCUT2D eigenvalue weighted by Crippen LogP contribution is -2.56. The van der Waals surface area contributed by atoms with E-state index in [0.29, 0.717) is 5.52 Å². The molecule has 0 radical (unpaired) electrons. The van der Waals surface area contributed by atoms with Crippen LogP contribution in [0, 0.1) is 0 Å². The van der Waals surface area contributed by atoms with Gasteiger partial charge in [-0.05, 0) is 30.1 Å². The lowest BCUT2D eigenvalue weighted by molar-refractivity contribution is -0.107. The zero-order valence-corrected chi connectivity index (χ0v) is 15.0. The number of H-pyrrole nitrogens is 1. The number of nitrogens with one attached hydrogen (secondary N) is 2. The van der Waals surface area contributed by atoms with Crippen LogP contribution in [0.3, 0.4) is 0 Å². The molecule has 1 fully saturated rings. The largest absolute Gasteiger partial charge is 0.377 e. The molecule has 0 saturated carbocycles. The van der Waals surface area contributed by atoms with Crippen molar-refractivity contribution in [3.8, 4) is 0 Å². The summed E-state index contributed by atoms with van der Waals surface area (Å²) in [4.78, 5) is 13.2. The molecule has 6 heteroatoms. The molecule has 27 heavy (non-hydrogen) atoms. The first kappa shape index (κ1) is 19.2. The highest BCUT2D eigenvalue weighted by Crippen LogP contribution is 2.28. The Bertz CT molecular complexity index is 884. The van der Waals surface area contributed by atoms with Gasteiger partial charge in [-0.1, -0.05) is 42.5 Å². The van der Waals surface area contributed by atoms with Crippen LogP contribution in [0.1, 0.15) is 23.2 Å². The number of halogens is 2. The van der Waals surface area contributed by atoms with Gasteiger partial charge in [-0.3, -0.25) is 0 Å². The molecule has 0 amide bonds. The van der Waals surface area contributed by atoms with Crippen LogP contribution in [0.4, 0.5) is 8.78 Å². The van der Waals surface area contributed by atoms with Crippen LogP contribution in [0.2, 0.25) is 0 Å². The molecule has 1 aromatic heterocycles. The molecule has 2 heterocycles. The SMILES string of the molecule is CNC1(c2ccccc2)COC1.O=CCc1cc2ccc(C(F)F)cc2[nH]1. The molecular weight excluding hydrogens is 350 g/mol. The first-order chi connectivity index (χ1) is 13.1. The van der Waals surface area contributed by atoms with Crippen LogP contribution in [0.25, 0.3) is 10.9 Å². The van der Waals surface area contributed by atoms with Crippen molar-refractivity contribution in [2.24, 2.45) is 0 Å². The third kappa shape index (κ3) is 4.23. The summed E-state index contributed by atoms with van der Waals surface area (Å²) in [5, 5.41) is 4.15. The maximum Gasteiger partial charge on any atom is 0.263 e. The van der Waals surface area contributed by atoms with Crippen LogP contribution in [-0.4, -0.2) is 31.5 Å². The second-order valence-corrected chi connectivity index (χ2v) is 6.50. The molecule has 1 saturated heterocycles. The Morgan fingerprint density at radius 1 is 1.19 bits per heavy atom. The van der Waals surface area contributed by atoms with Gasteiger partial charge in [0.1, 0.15) is 6.29 Å². The topological polar surface area (TPSA) is 54.1 Å². The lowest BCUT2D eigenvalue weighted by Gasteiger charge is -2.41. The molecule has 0 unspecified atom stereocenters. The molecule has 4 nitrogen and oxygen atoms in total. The summed E-state index contributed by atoms with van der Waals surface area (Å²) < 4.78 is 30.0. The van der Waals surface area contributed by atoms with E-state index in [9.17, 15) is 13.6 Å². The number of carbonyl (C=O) groups is 1. The second kappa shape index (κ2) is 8.41. The number of benzene rings is 2. The first-order valence-corrected chi connectivity index (χ1v) is 8.73. The number of alkyl halides is 2. The van der Waals surface area contributed by atoms with Gasteiger partial charge in [0.25, 0.3) is 6.43 Å². The number of rotatable bonds is 5. The van der Waals surface area contributed by atoms with E-state index in [1.54, 1.807) is 12.1 Å². The summed E-state index contributed by atoms with van der Waals surface area (Å²) in [6, 6.07) is 16.7. The average Bonchev–Trinajstić information content (AvgIpc) is 3.04. The van der Waals surface area contributed by atoms with Gasteiger partial charge in [0.05, 0.1) is 18.8 Å². The van der Waals surface area contributed by atoms with E-state index in [-0.39, 0.29) is 17.5 Å². The summed E-state index contributed by atoms with van der Waals surface area (Å²) in [6.07, 6.45) is -1.41. The molecule has 1 aliphatic heterocycles. The summed E-state index contributed by atoms with van der Waals surface area (Å²) in [5.74, 6) is 0. The number of aromatic amines is 1. The molecule has 0 spiro atoms. The number of hydrogen-bond acceptors (Lipinski definition) is 3. The minimum Gasteiger partial charge on any atom is -0.377 e. The monoisotopic (exact) mass is 372 g/mol. The summed E-state index contributed by atoms with van der Waals surface area (Å²) in [5.41, 5.74) is 2.78. The standard InChI is InChI=1S/C11H9F2NO.C10H13NO/c12-11(13)8-2-1-7-5-9(3-4-15)14-10(7)6-8;1-11-10(7-12-8-10)9-5-3-2-4-6-9/h1-2,4-6,11,14H,3H2;2-6,11H,7-8H2,1H3. The quantitative estimate of drug-likeness (QED) is 0.666. The number of aromatic nitrogens is 1. The predicted molar refractivity (Wildman–Crippen MR) is 101 cm³/mol. The fourth-order valence-corrected chi connectivity index (χ4v) is 3.06. The minimum absolute atomic E-state index is 0.0120. The highest BCUT2D eigenvalue weighted by atomic mass is 19.3. The number of fused-ring (bicyclic) bond motifs is 1. The van der Waals surface area contributed by atoms with E-state index in [0.717, 1.165) is 30.6 Å². The molecule has 2 N–H and O–H groups in total. The van der Waals surface area contributed by atoms with Crippen molar-refractivity contribution in [1.82, 2.24) is 10.3 Å². The second-order valence-electron chi connectivity index (χ2n) is 6.50. The summed E-state index contributed by atoms with van der Waals surface area (Å²) in [6.45, 7) is 1.57. The number of ether oxygens (including phenoxy) is 1. The van der Waals surface area contributed by atoms with Gasteiger partial charge in [0.15, 0.2) is 0 Å². The van der Waals surface area contributed by atoms with Crippen molar-refractivity contribution in [1.29, 1.82) is 0 Å². The zero-order chi connectivity index (χ0) is 19.3. The average molecular weight is 372 g/mol. The normalized spacial score (nSPS) is 15.1. The molecule has 0 bridgehead atoms. The van der Waals surface area contributed by atoms with Crippen molar-refractivity contribution in [3.05, 3.63) is 71.4 Å². The molecule has 1 aliphatic rings. The van der Waals surface area contributed by atoms with Crippen LogP contribution in [-0.2, 0) is 21.5 Å². The van der Waals surface area contributed by atoms with Gasteiger partial charge in [-0.2, -0.15) is 0 Å². The third-order valence-electron chi connectivity index (χ3n) is 4.76. The Kier molecular flexibility index (Phi) is 5.98. The third-order valence-corrected chi connectivity index (χ3v) is 4.76. The predicted octanol–water partition coefficient (Wildman–Crippen LogP) is 3.98. The van der Waals surface area contributed by atoms with E-state index < -0.39 is 6.43 Å². The van der Waals surface area contributed by atoms with Gasteiger partial charge in [0, 0.05) is 23.2 Å². The minimum atomic E-state index is -2.47. The van der Waals surface area contributed by atoms with Gasteiger partial charge < -0.3 is 19.8 Å². The van der Waals surface area contributed by atoms with Gasteiger partial charge in [0.2, 0.25) is 0 Å². The number of aldehydes is 1. The van der Waals surface area contributed by atoms with Crippen LogP contribution in [0.15, 0.2) is 54.6 Å². The van der Waals surface area contributed by atoms with Crippen LogP contribution >= 0.6 is 0 Å². The molecule has 142 valence electrons. The Hall–Kier alpha value is -2.57. The van der Waals surface area contributed by atoms with Crippen molar-refractivity contribution in [2.75, 3.05) is 20.3 Å². The van der Waals surface area contributed by atoms with E-state index in [4.69, 9.17) is 4.74 Å². The highest BCUT2D eigenvalue weighted by Gasteiger charge is 2.38. The summed E-state index contributed by atoms with van der Waals surface area (Å²) in [7, 11) is 1.98. The fraction of sp³-hybridized carbons (Fsp3) is 0.286. The van der Waals surface area contributed by atoms with E-state index >= 15 is 0 Å². The zero-order valence-electron chi connectivity index (χ0n) is 15.0. The molecule has 0 atom stereocenters. The number of likely N-dealkylation sites (N-methyl/N-ethyl adjacent to an activating group) is 1. The Morgan fingerprint density at radius 2 is 1.93 bits per heavy atom. The van der Waals surface area contributed by atoms with Crippen LogP contribution < -0.4 is 5.32 Å². The van der Waals surface area contributed by atoms with Crippen LogP contribution in [0.5, 0.6) is 0 Å².